The molecule has 0 atom stereocenters. The van der Waals surface area contributed by atoms with Crippen molar-refractivity contribution >= 4 is 27.5 Å². The van der Waals surface area contributed by atoms with Gasteiger partial charge in [-0.15, -0.1) is 0 Å². The molecule has 0 aromatic heterocycles. The monoisotopic (exact) mass is 414 g/mol. The smallest absolute Gasteiger partial charge is 0.251 e. The van der Waals surface area contributed by atoms with E-state index in [4.69, 9.17) is 16.3 Å². The predicted molar refractivity (Wildman–Crippen MR) is 101 cm³/mol. The number of carbonyl (C=O) groups is 1. The van der Waals surface area contributed by atoms with E-state index >= 15 is 0 Å². The molecule has 9 heteroatoms. The Morgan fingerprint density at radius 1 is 1.22 bits per heavy atom. The Morgan fingerprint density at radius 2 is 1.96 bits per heavy atom. The standard InChI is InChI=1S/C18H20ClFN2O4S/c1-12-3-5-14(27(24,25)22-7-8-26-2)10-15(12)18(23)21-11-13-4-6-17(20)16(19)9-13/h3-6,9-10,22H,7-8,11H2,1-2H3,(H,21,23). The molecule has 0 aliphatic carbocycles. The molecule has 27 heavy (non-hydrogen) atoms. The third-order valence-electron chi connectivity index (χ3n) is 3.80. The summed E-state index contributed by atoms with van der Waals surface area (Å²) in [5.41, 5.74) is 1.48. The fourth-order valence-corrected chi connectivity index (χ4v) is 3.54. The van der Waals surface area contributed by atoms with Gasteiger partial charge >= 0.3 is 0 Å². The SMILES string of the molecule is COCCNS(=O)(=O)c1ccc(C)c(C(=O)NCc2ccc(F)c(Cl)c2)c1. The molecule has 146 valence electrons. The van der Waals surface area contributed by atoms with Crippen LogP contribution in [0.1, 0.15) is 21.5 Å². The number of aryl methyl sites for hydroxylation is 1. The predicted octanol–water partition coefficient (Wildman–Crippen LogP) is 2.64. The maximum absolute atomic E-state index is 13.2. The lowest BCUT2D eigenvalue weighted by molar-refractivity contribution is 0.0950. The summed E-state index contributed by atoms with van der Waals surface area (Å²) >= 11 is 5.72. The average Bonchev–Trinajstić information content (AvgIpc) is 2.62. The number of amides is 1. The molecule has 0 bridgehead atoms. The number of sulfonamides is 1. The van der Waals surface area contributed by atoms with Crippen molar-refractivity contribution in [2.75, 3.05) is 20.3 Å². The topological polar surface area (TPSA) is 84.5 Å². The van der Waals surface area contributed by atoms with E-state index in [-0.39, 0.29) is 35.2 Å². The number of hydrogen-bond donors (Lipinski definition) is 2. The zero-order valence-electron chi connectivity index (χ0n) is 14.9. The van der Waals surface area contributed by atoms with E-state index in [0.29, 0.717) is 11.1 Å². The van der Waals surface area contributed by atoms with Gasteiger partial charge in [0.2, 0.25) is 10.0 Å². The first-order valence-electron chi connectivity index (χ1n) is 8.06. The highest BCUT2D eigenvalue weighted by Crippen LogP contribution is 2.18. The van der Waals surface area contributed by atoms with Crippen LogP contribution in [-0.4, -0.2) is 34.6 Å². The minimum atomic E-state index is -3.75. The maximum atomic E-state index is 13.2. The Morgan fingerprint density at radius 3 is 2.63 bits per heavy atom. The fourth-order valence-electron chi connectivity index (χ4n) is 2.30. The van der Waals surface area contributed by atoms with Crippen molar-refractivity contribution in [1.82, 2.24) is 10.0 Å². The van der Waals surface area contributed by atoms with Crippen molar-refractivity contribution in [1.29, 1.82) is 0 Å². The molecule has 0 radical (unpaired) electrons. The highest BCUT2D eigenvalue weighted by atomic mass is 35.5. The molecule has 0 unspecified atom stereocenters. The summed E-state index contributed by atoms with van der Waals surface area (Å²) in [7, 11) is -2.28. The van der Waals surface area contributed by atoms with Crippen molar-refractivity contribution in [2.24, 2.45) is 0 Å². The lowest BCUT2D eigenvalue weighted by atomic mass is 10.1. The highest BCUT2D eigenvalue weighted by molar-refractivity contribution is 7.89. The van der Waals surface area contributed by atoms with Gasteiger partial charge in [0, 0.05) is 25.8 Å². The van der Waals surface area contributed by atoms with Crippen LogP contribution in [0.2, 0.25) is 5.02 Å². The van der Waals surface area contributed by atoms with Gasteiger partial charge < -0.3 is 10.1 Å². The maximum Gasteiger partial charge on any atom is 0.251 e. The van der Waals surface area contributed by atoms with Crippen LogP contribution in [0.15, 0.2) is 41.3 Å². The number of hydrogen-bond acceptors (Lipinski definition) is 4. The van der Waals surface area contributed by atoms with Gasteiger partial charge in [0.05, 0.1) is 16.5 Å². The van der Waals surface area contributed by atoms with E-state index in [1.54, 1.807) is 13.0 Å². The third kappa shape index (κ3) is 5.74. The largest absolute Gasteiger partial charge is 0.383 e. The van der Waals surface area contributed by atoms with Crippen LogP contribution in [-0.2, 0) is 21.3 Å². The molecular formula is C18H20ClFN2O4S. The van der Waals surface area contributed by atoms with Crippen molar-refractivity contribution < 1.29 is 22.3 Å². The van der Waals surface area contributed by atoms with Crippen LogP contribution in [0, 0.1) is 12.7 Å². The second kappa shape index (κ2) is 9.27. The first-order valence-corrected chi connectivity index (χ1v) is 9.92. The summed E-state index contributed by atoms with van der Waals surface area (Å²) in [6, 6.07) is 8.46. The average molecular weight is 415 g/mol. The van der Waals surface area contributed by atoms with Crippen LogP contribution in [0.4, 0.5) is 4.39 Å². The fraction of sp³-hybridized carbons (Fsp3) is 0.278. The molecule has 2 rings (SSSR count). The van der Waals surface area contributed by atoms with Gasteiger partial charge in [0.1, 0.15) is 5.82 Å². The normalized spacial score (nSPS) is 11.4. The van der Waals surface area contributed by atoms with Gasteiger partial charge in [0.25, 0.3) is 5.91 Å². The quantitative estimate of drug-likeness (QED) is 0.650. The van der Waals surface area contributed by atoms with Crippen LogP contribution < -0.4 is 10.0 Å². The van der Waals surface area contributed by atoms with E-state index < -0.39 is 21.7 Å². The van der Waals surface area contributed by atoms with Crippen molar-refractivity contribution in [3.63, 3.8) is 0 Å². The van der Waals surface area contributed by atoms with E-state index in [1.807, 2.05) is 0 Å². The Balaban J connectivity index is 2.14. The summed E-state index contributed by atoms with van der Waals surface area (Å²) in [6.45, 7) is 2.19. The van der Waals surface area contributed by atoms with Crippen molar-refractivity contribution in [3.8, 4) is 0 Å². The first kappa shape index (κ1) is 21.3. The van der Waals surface area contributed by atoms with Gasteiger partial charge in [-0.2, -0.15) is 0 Å². The minimum absolute atomic E-state index is 0.0146. The number of halogens is 2. The van der Waals surface area contributed by atoms with E-state index in [9.17, 15) is 17.6 Å². The molecule has 0 heterocycles. The molecule has 2 N–H and O–H groups in total. The number of carbonyl (C=O) groups excluding carboxylic acids is 1. The lowest BCUT2D eigenvalue weighted by Gasteiger charge is -2.11. The number of rotatable bonds is 8. The Bertz CT molecular complexity index is 935. The minimum Gasteiger partial charge on any atom is -0.383 e. The zero-order valence-corrected chi connectivity index (χ0v) is 16.5. The molecule has 2 aromatic rings. The first-order chi connectivity index (χ1) is 12.7. The number of methoxy groups -OCH3 is 1. The summed E-state index contributed by atoms with van der Waals surface area (Å²) in [5.74, 6) is -0.983. The van der Waals surface area contributed by atoms with Crippen LogP contribution in [0.25, 0.3) is 0 Å². The molecule has 0 saturated carbocycles. The summed E-state index contributed by atoms with van der Waals surface area (Å²) in [4.78, 5) is 12.5. The van der Waals surface area contributed by atoms with E-state index in [0.717, 1.165) is 0 Å². The third-order valence-corrected chi connectivity index (χ3v) is 5.55. The number of nitrogens with one attached hydrogen (secondary N) is 2. The zero-order chi connectivity index (χ0) is 20.0. The highest BCUT2D eigenvalue weighted by Gasteiger charge is 2.17. The molecule has 0 saturated heterocycles. The van der Waals surface area contributed by atoms with Crippen LogP contribution in [0.5, 0.6) is 0 Å². The van der Waals surface area contributed by atoms with Gasteiger partial charge in [-0.05, 0) is 42.3 Å². The molecule has 0 aliphatic rings. The Kier molecular flexibility index (Phi) is 7.32. The number of benzene rings is 2. The number of ether oxygens (including phenoxy) is 1. The Hall–Kier alpha value is -2.00. The van der Waals surface area contributed by atoms with Gasteiger partial charge in [-0.25, -0.2) is 17.5 Å². The Labute approximate surface area is 162 Å². The van der Waals surface area contributed by atoms with Gasteiger partial charge in [-0.3, -0.25) is 4.79 Å². The molecule has 1 amide bonds. The summed E-state index contributed by atoms with van der Waals surface area (Å²) in [6.07, 6.45) is 0. The van der Waals surface area contributed by atoms with E-state index in [1.165, 1.54) is 37.4 Å². The second-order valence-electron chi connectivity index (χ2n) is 5.80. The molecule has 0 aliphatic heterocycles. The van der Waals surface area contributed by atoms with Gasteiger partial charge in [0.15, 0.2) is 0 Å². The molecular weight excluding hydrogens is 395 g/mol. The van der Waals surface area contributed by atoms with Gasteiger partial charge in [-0.1, -0.05) is 23.7 Å². The van der Waals surface area contributed by atoms with Crippen LogP contribution >= 0.6 is 11.6 Å². The van der Waals surface area contributed by atoms with Crippen LogP contribution in [0.3, 0.4) is 0 Å². The van der Waals surface area contributed by atoms with Crippen molar-refractivity contribution in [2.45, 2.75) is 18.4 Å². The lowest BCUT2D eigenvalue weighted by Crippen LogP contribution is -2.28. The summed E-state index contributed by atoms with van der Waals surface area (Å²) in [5, 5.41) is 2.64. The van der Waals surface area contributed by atoms with E-state index in [2.05, 4.69) is 10.0 Å². The molecule has 6 nitrogen and oxygen atoms in total. The molecule has 0 spiro atoms. The summed E-state index contributed by atoms with van der Waals surface area (Å²) < 4.78 is 45.0. The van der Waals surface area contributed by atoms with Crippen molar-refractivity contribution in [3.05, 3.63) is 63.9 Å². The molecule has 0 fully saturated rings. The molecule has 2 aromatic carbocycles. The second-order valence-corrected chi connectivity index (χ2v) is 7.97.